The molecule has 2 atom stereocenters. The van der Waals surface area contributed by atoms with Crippen molar-refractivity contribution in [2.75, 3.05) is 0 Å². The van der Waals surface area contributed by atoms with E-state index in [1.165, 1.54) is 33.0 Å². The van der Waals surface area contributed by atoms with E-state index in [-0.39, 0.29) is 5.04 Å². The Balaban J connectivity index is 2.38. The summed E-state index contributed by atoms with van der Waals surface area (Å²) >= 11 is -2.32. The predicted molar refractivity (Wildman–Crippen MR) is 160 cm³/mol. The summed E-state index contributed by atoms with van der Waals surface area (Å²) in [7, 11) is -2.66. The van der Waals surface area contributed by atoms with E-state index in [1.807, 2.05) is 0 Å². The first-order chi connectivity index (χ1) is 16.8. The van der Waals surface area contributed by atoms with Crippen molar-refractivity contribution in [3.05, 3.63) is 110 Å². The van der Waals surface area contributed by atoms with Crippen LogP contribution in [0.1, 0.15) is 49.9 Å². The molecule has 36 heavy (non-hydrogen) atoms. The third-order valence-corrected chi connectivity index (χ3v) is 19.1. The molecule has 0 nitrogen and oxygen atoms in total. The molecule has 4 rings (SSSR count). The van der Waals surface area contributed by atoms with E-state index in [2.05, 4.69) is 138 Å². The van der Waals surface area contributed by atoms with E-state index in [0.29, 0.717) is 0 Å². The molecule has 0 N–H and O–H groups in total. The van der Waals surface area contributed by atoms with Crippen LogP contribution in [0.5, 0.6) is 0 Å². The van der Waals surface area contributed by atoms with Gasteiger partial charge in [0.15, 0.2) is 0 Å². The Morgan fingerprint density at radius 2 is 1.14 bits per heavy atom. The van der Waals surface area contributed by atoms with E-state index in [0.717, 1.165) is 0 Å². The summed E-state index contributed by atoms with van der Waals surface area (Å²) in [6.45, 7) is 19.2. The molecule has 0 saturated carbocycles. The van der Waals surface area contributed by atoms with Gasteiger partial charge in [0.2, 0.25) is 0 Å². The SMILES string of the molecule is CC1=C(C)C(C)([Si](c2ccccc2)(c2cc(C)cc(C)c2)c2c(C)cccc2C)[C]([Ti]([CH3])([CH3])[CH3])=C1C. The summed E-state index contributed by atoms with van der Waals surface area (Å²) in [5.74, 6) is 0. The van der Waals surface area contributed by atoms with Crippen molar-refractivity contribution in [2.45, 2.75) is 76.1 Å². The maximum absolute atomic E-state index is 2.66. The zero-order valence-corrected chi connectivity index (χ0v) is 26.9. The van der Waals surface area contributed by atoms with Gasteiger partial charge in [0, 0.05) is 0 Å². The van der Waals surface area contributed by atoms with Crippen molar-refractivity contribution in [2.24, 2.45) is 0 Å². The fourth-order valence-corrected chi connectivity index (χ4v) is 21.7. The van der Waals surface area contributed by atoms with Crippen molar-refractivity contribution in [3.8, 4) is 0 Å². The van der Waals surface area contributed by atoms with Gasteiger partial charge in [0.1, 0.15) is 0 Å². The van der Waals surface area contributed by atoms with Gasteiger partial charge in [-0.3, -0.25) is 0 Å². The van der Waals surface area contributed by atoms with Gasteiger partial charge in [-0.25, -0.2) is 0 Å². The van der Waals surface area contributed by atoms with Gasteiger partial charge >= 0.3 is 226 Å². The van der Waals surface area contributed by atoms with Crippen molar-refractivity contribution in [1.29, 1.82) is 0 Å². The molecule has 0 spiro atoms. The zero-order chi connectivity index (χ0) is 26.6. The van der Waals surface area contributed by atoms with Crippen molar-refractivity contribution < 1.29 is 16.6 Å². The van der Waals surface area contributed by atoms with E-state index in [4.69, 9.17) is 0 Å². The van der Waals surface area contributed by atoms with E-state index in [1.54, 1.807) is 25.4 Å². The number of hydrogen-bond donors (Lipinski definition) is 0. The number of benzene rings is 3. The van der Waals surface area contributed by atoms with Gasteiger partial charge in [-0.15, -0.1) is 0 Å². The summed E-state index contributed by atoms with van der Waals surface area (Å²) in [6, 6.07) is 26.0. The van der Waals surface area contributed by atoms with Gasteiger partial charge in [-0.1, -0.05) is 0 Å². The third-order valence-electron chi connectivity index (χ3n) is 8.97. The summed E-state index contributed by atoms with van der Waals surface area (Å²) in [5, 5.41) is 12.5. The molecule has 0 aliphatic heterocycles. The van der Waals surface area contributed by atoms with Crippen LogP contribution in [0.3, 0.4) is 0 Å². The number of allylic oxidation sites excluding steroid dienone is 4. The molecular weight excluding hydrogens is 484 g/mol. The van der Waals surface area contributed by atoms with Gasteiger partial charge in [0.05, 0.1) is 0 Å². The Hall–Kier alpha value is -1.93. The normalized spacial score (nSPS) is 20.2. The molecule has 2 heteroatoms. The molecule has 1 aliphatic rings. The second-order valence-corrected chi connectivity index (χ2v) is 24.3. The maximum atomic E-state index is 2.65. The molecular formula is C34H44SiTi. The first-order valence-electron chi connectivity index (χ1n) is 13.4. The summed E-state index contributed by atoms with van der Waals surface area (Å²) < 4.78 is 1.80. The van der Waals surface area contributed by atoms with E-state index in [9.17, 15) is 0 Å². The predicted octanol–water partition coefficient (Wildman–Crippen LogP) is 8.07. The minimum absolute atomic E-state index is 0.0299. The Morgan fingerprint density at radius 1 is 0.611 bits per heavy atom. The van der Waals surface area contributed by atoms with Crippen molar-refractivity contribution in [1.82, 2.24) is 0 Å². The third kappa shape index (κ3) is 3.90. The van der Waals surface area contributed by atoms with Crippen LogP contribution in [0.15, 0.2) is 87.3 Å². The molecule has 0 aromatic heterocycles. The summed E-state index contributed by atoms with van der Waals surface area (Å²) in [5.41, 5.74) is 10.3. The molecule has 3 aromatic rings. The Kier molecular flexibility index (Phi) is 7.10. The van der Waals surface area contributed by atoms with Crippen LogP contribution < -0.4 is 15.6 Å². The molecule has 0 saturated heterocycles. The van der Waals surface area contributed by atoms with Gasteiger partial charge in [0.25, 0.3) is 0 Å². The van der Waals surface area contributed by atoms with Crippen LogP contribution in [0.25, 0.3) is 0 Å². The Labute approximate surface area is 224 Å². The summed E-state index contributed by atoms with van der Waals surface area (Å²) in [4.78, 5) is 0. The first kappa shape index (κ1) is 27.1. The van der Waals surface area contributed by atoms with Gasteiger partial charge in [-0.05, 0) is 0 Å². The van der Waals surface area contributed by atoms with Crippen LogP contribution in [-0.4, -0.2) is 8.07 Å². The topological polar surface area (TPSA) is 0 Å². The average Bonchev–Trinajstić information content (AvgIpc) is 2.96. The van der Waals surface area contributed by atoms with Gasteiger partial charge in [-0.2, -0.15) is 0 Å². The molecule has 1 aliphatic carbocycles. The standard InChI is InChI=1S/C31H35Si.3CH3.Ti/c1-21-17-22(2)19-29(18-21)32(28-15-10-9-11-16-28,30-23(3)13-12-14-24(30)4)31(8)20-25(5)26(6)27(31)7;;;;/h9-19H,1-8H3;3*1H3;. The second-order valence-electron chi connectivity index (χ2n) is 12.4. The molecule has 0 amide bonds. The Bertz CT molecular complexity index is 1350. The van der Waals surface area contributed by atoms with E-state index >= 15 is 0 Å². The molecule has 0 fully saturated rings. The number of aryl methyl sites for hydroxylation is 4. The fourth-order valence-electron chi connectivity index (χ4n) is 7.76. The number of hydrogen-bond acceptors (Lipinski definition) is 0. The van der Waals surface area contributed by atoms with E-state index < -0.39 is 24.7 Å². The van der Waals surface area contributed by atoms with Gasteiger partial charge < -0.3 is 0 Å². The van der Waals surface area contributed by atoms with Crippen molar-refractivity contribution >= 4 is 23.6 Å². The second kappa shape index (κ2) is 9.43. The first-order valence-corrected chi connectivity index (χ1v) is 20.9. The molecule has 0 heterocycles. The van der Waals surface area contributed by atoms with Crippen LogP contribution in [0.2, 0.25) is 20.7 Å². The zero-order valence-electron chi connectivity index (χ0n) is 24.4. The molecule has 0 bridgehead atoms. The van der Waals surface area contributed by atoms with Crippen molar-refractivity contribution in [3.63, 3.8) is 0 Å². The monoisotopic (exact) mass is 528 g/mol. The molecule has 3 aromatic carbocycles. The molecule has 2 unspecified atom stereocenters. The minimum atomic E-state index is -2.66. The van der Waals surface area contributed by atoms with Crippen LogP contribution in [0.4, 0.5) is 0 Å². The van der Waals surface area contributed by atoms with Crippen LogP contribution in [-0.2, 0) is 16.6 Å². The number of rotatable bonds is 5. The van der Waals surface area contributed by atoms with Crippen LogP contribution >= 0.6 is 0 Å². The molecule has 188 valence electrons. The quantitative estimate of drug-likeness (QED) is 0.232. The van der Waals surface area contributed by atoms with Crippen LogP contribution in [0, 0.1) is 27.7 Å². The summed E-state index contributed by atoms with van der Waals surface area (Å²) in [6.07, 6.45) is 0. The average molecular weight is 529 g/mol. The fraction of sp³-hybridized carbons (Fsp3) is 0.353. The molecule has 0 radical (unpaired) electrons. The Morgan fingerprint density at radius 3 is 1.64 bits per heavy atom.